The summed E-state index contributed by atoms with van der Waals surface area (Å²) in [6.07, 6.45) is 1.02. The summed E-state index contributed by atoms with van der Waals surface area (Å²) in [6.45, 7) is 3.17. The van der Waals surface area contributed by atoms with Gasteiger partial charge in [0.25, 0.3) is 0 Å². The van der Waals surface area contributed by atoms with Crippen molar-refractivity contribution in [2.24, 2.45) is 0 Å². The van der Waals surface area contributed by atoms with Gasteiger partial charge in [0, 0.05) is 6.04 Å². The van der Waals surface area contributed by atoms with Crippen LogP contribution in [0.15, 0.2) is 12.1 Å². The zero-order valence-electron chi connectivity index (χ0n) is 11.8. The number of imidazole rings is 1. The van der Waals surface area contributed by atoms with E-state index in [9.17, 15) is 0 Å². The number of fused-ring (bicyclic) bond motifs is 1. The highest BCUT2D eigenvalue weighted by Crippen LogP contribution is 2.31. The number of halogens is 3. The van der Waals surface area contributed by atoms with Gasteiger partial charge in [-0.1, -0.05) is 23.2 Å². The van der Waals surface area contributed by atoms with Gasteiger partial charge in [-0.25, -0.2) is 4.98 Å². The van der Waals surface area contributed by atoms with Crippen LogP contribution in [0.25, 0.3) is 11.0 Å². The lowest BCUT2D eigenvalue weighted by molar-refractivity contribution is 0.358. The van der Waals surface area contributed by atoms with Crippen molar-refractivity contribution in [3.63, 3.8) is 0 Å². The Morgan fingerprint density at radius 3 is 2.50 bits per heavy atom. The first kappa shape index (κ1) is 15.9. The fraction of sp³-hybridized carbons (Fsp3) is 0.500. The van der Waals surface area contributed by atoms with Crippen LogP contribution in [-0.2, 0) is 5.88 Å². The molecule has 0 aliphatic rings. The summed E-state index contributed by atoms with van der Waals surface area (Å²) in [4.78, 5) is 6.72. The van der Waals surface area contributed by atoms with E-state index >= 15 is 0 Å². The molecule has 0 bridgehead atoms. The summed E-state index contributed by atoms with van der Waals surface area (Å²) in [6, 6.07) is 3.96. The molecule has 20 heavy (non-hydrogen) atoms. The lowest BCUT2D eigenvalue weighted by atomic mass is 10.2. The molecule has 0 saturated heterocycles. The molecule has 1 unspecified atom stereocenters. The lowest BCUT2D eigenvalue weighted by Gasteiger charge is -2.19. The van der Waals surface area contributed by atoms with E-state index in [0.717, 1.165) is 29.8 Å². The molecule has 0 aliphatic heterocycles. The predicted molar refractivity (Wildman–Crippen MR) is 87.2 cm³/mol. The van der Waals surface area contributed by atoms with Gasteiger partial charge in [0.05, 0.1) is 27.0 Å². The number of nitrogens with zero attached hydrogens (tertiary/aromatic N) is 3. The second kappa shape index (κ2) is 6.52. The van der Waals surface area contributed by atoms with Gasteiger partial charge in [0.15, 0.2) is 0 Å². The molecule has 2 rings (SSSR count). The molecule has 1 atom stereocenters. The average Bonchev–Trinajstić information content (AvgIpc) is 2.74. The topological polar surface area (TPSA) is 21.1 Å². The third kappa shape index (κ3) is 3.22. The van der Waals surface area contributed by atoms with Crippen LogP contribution in [-0.4, -0.2) is 35.1 Å². The molecule has 6 heteroatoms. The predicted octanol–water partition coefficient (Wildman–Crippen LogP) is 4.59. The first-order valence-electron chi connectivity index (χ1n) is 6.50. The number of aromatic nitrogens is 2. The Hall–Kier alpha value is -0.480. The Kier molecular flexibility index (Phi) is 5.19. The van der Waals surface area contributed by atoms with E-state index in [2.05, 4.69) is 35.5 Å². The Morgan fingerprint density at radius 2 is 1.90 bits per heavy atom. The smallest absolute Gasteiger partial charge is 0.125 e. The van der Waals surface area contributed by atoms with E-state index < -0.39 is 0 Å². The van der Waals surface area contributed by atoms with Crippen LogP contribution in [0, 0.1) is 0 Å². The highest BCUT2D eigenvalue weighted by Gasteiger charge is 2.17. The van der Waals surface area contributed by atoms with Crippen molar-refractivity contribution in [1.82, 2.24) is 14.5 Å². The van der Waals surface area contributed by atoms with E-state index in [1.165, 1.54) is 0 Å². The fourth-order valence-corrected chi connectivity index (χ4v) is 2.80. The minimum atomic E-state index is 0.299. The molecule has 1 heterocycles. The second-order valence-electron chi connectivity index (χ2n) is 5.23. The van der Waals surface area contributed by atoms with Crippen LogP contribution >= 0.6 is 34.8 Å². The SMILES string of the molecule is CC(CCN(C)C)n1c(CCl)nc2cc(Cl)c(Cl)cc21. The highest BCUT2D eigenvalue weighted by molar-refractivity contribution is 6.42. The van der Waals surface area contributed by atoms with Crippen LogP contribution in [0.3, 0.4) is 0 Å². The molecule has 0 N–H and O–H groups in total. The van der Waals surface area contributed by atoms with E-state index in [-0.39, 0.29) is 0 Å². The van der Waals surface area contributed by atoms with Crippen LogP contribution in [0.4, 0.5) is 0 Å². The Balaban J connectivity index is 2.46. The molecule has 110 valence electrons. The van der Waals surface area contributed by atoms with Crippen molar-refractivity contribution < 1.29 is 0 Å². The van der Waals surface area contributed by atoms with Crippen molar-refractivity contribution in [3.05, 3.63) is 28.0 Å². The fourth-order valence-electron chi connectivity index (χ4n) is 2.30. The first-order chi connectivity index (χ1) is 9.43. The quantitative estimate of drug-likeness (QED) is 0.745. The summed E-state index contributed by atoms with van der Waals surface area (Å²) < 4.78 is 2.16. The van der Waals surface area contributed by atoms with Crippen molar-refractivity contribution in [2.75, 3.05) is 20.6 Å². The van der Waals surface area contributed by atoms with Gasteiger partial charge in [-0.3, -0.25) is 0 Å². The molecule has 1 aromatic heterocycles. The van der Waals surface area contributed by atoms with Gasteiger partial charge in [-0.15, -0.1) is 11.6 Å². The van der Waals surface area contributed by atoms with Crippen molar-refractivity contribution in [2.45, 2.75) is 25.3 Å². The molecule has 1 aromatic carbocycles. The molecule has 0 saturated carbocycles. The molecule has 0 aliphatic carbocycles. The zero-order valence-corrected chi connectivity index (χ0v) is 14.1. The Bertz CT molecular complexity index is 607. The maximum Gasteiger partial charge on any atom is 0.125 e. The number of benzene rings is 1. The summed E-state index contributed by atoms with van der Waals surface area (Å²) in [5.41, 5.74) is 1.83. The Morgan fingerprint density at radius 1 is 1.25 bits per heavy atom. The molecule has 0 radical (unpaired) electrons. The van der Waals surface area contributed by atoms with Crippen LogP contribution in [0.1, 0.15) is 25.2 Å². The molecule has 3 nitrogen and oxygen atoms in total. The van der Waals surface area contributed by atoms with E-state index in [4.69, 9.17) is 34.8 Å². The van der Waals surface area contributed by atoms with E-state index in [1.54, 1.807) is 6.07 Å². The van der Waals surface area contributed by atoms with Gasteiger partial charge in [-0.2, -0.15) is 0 Å². The van der Waals surface area contributed by atoms with Gasteiger partial charge < -0.3 is 9.47 Å². The molecule has 0 spiro atoms. The molecule has 2 aromatic rings. The number of hydrogen-bond acceptors (Lipinski definition) is 2. The number of hydrogen-bond donors (Lipinski definition) is 0. The van der Waals surface area contributed by atoms with Crippen LogP contribution < -0.4 is 0 Å². The second-order valence-corrected chi connectivity index (χ2v) is 6.31. The summed E-state index contributed by atoms with van der Waals surface area (Å²) in [7, 11) is 4.13. The third-order valence-corrected chi connectivity index (χ3v) is 4.32. The van der Waals surface area contributed by atoms with Crippen molar-refractivity contribution >= 4 is 45.8 Å². The van der Waals surface area contributed by atoms with Crippen molar-refractivity contribution in [3.8, 4) is 0 Å². The normalized spacial score (nSPS) is 13.3. The van der Waals surface area contributed by atoms with Gasteiger partial charge >= 0.3 is 0 Å². The maximum atomic E-state index is 6.13. The van der Waals surface area contributed by atoms with Crippen LogP contribution in [0.5, 0.6) is 0 Å². The molecule has 0 amide bonds. The van der Waals surface area contributed by atoms with E-state index in [1.807, 2.05) is 6.07 Å². The lowest BCUT2D eigenvalue weighted by Crippen LogP contribution is -2.18. The average molecular weight is 335 g/mol. The van der Waals surface area contributed by atoms with Gasteiger partial charge in [0.1, 0.15) is 5.82 Å². The van der Waals surface area contributed by atoms with Gasteiger partial charge in [0.2, 0.25) is 0 Å². The largest absolute Gasteiger partial charge is 0.324 e. The van der Waals surface area contributed by atoms with Gasteiger partial charge in [-0.05, 0) is 46.1 Å². The third-order valence-electron chi connectivity index (χ3n) is 3.36. The molecular weight excluding hydrogens is 317 g/mol. The summed E-state index contributed by atoms with van der Waals surface area (Å²) in [5, 5.41) is 1.06. The highest BCUT2D eigenvalue weighted by atomic mass is 35.5. The zero-order chi connectivity index (χ0) is 14.9. The number of rotatable bonds is 5. The summed E-state index contributed by atoms with van der Waals surface area (Å²) in [5.74, 6) is 1.22. The molecule has 0 fully saturated rings. The minimum absolute atomic E-state index is 0.299. The summed E-state index contributed by atoms with van der Waals surface area (Å²) >= 11 is 18.2. The maximum absolute atomic E-state index is 6.13. The standard InChI is InChI=1S/C14H18Cl3N3/c1-9(4-5-19(2)3)20-13-7-11(17)10(16)6-12(13)18-14(20)8-15/h6-7,9H,4-5,8H2,1-3H3. The van der Waals surface area contributed by atoms with Crippen molar-refractivity contribution in [1.29, 1.82) is 0 Å². The monoisotopic (exact) mass is 333 g/mol. The first-order valence-corrected chi connectivity index (χ1v) is 7.79. The Labute approximate surface area is 134 Å². The molecular formula is C14H18Cl3N3. The number of alkyl halides is 1. The van der Waals surface area contributed by atoms with E-state index in [0.29, 0.717) is 22.0 Å². The minimum Gasteiger partial charge on any atom is -0.324 e. The van der Waals surface area contributed by atoms with Crippen LogP contribution in [0.2, 0.25) is 10.0 Å².